The third kappa shape index (κ3) is 7.78. The van der Waals surface area contributed by atoms with Crippen LogP contribution < -0.4 is 26.0 Å². The standard InChI is InChI=1S/2C12H11NO2.C6H5NO3.Ir/c2*14-11(15)12(8-4-5-9-13-12)10-6-2-1-3-7-10;8-4-2-1-3-7-5(4)6(9)10;/h2*1-9,13H,(H,14,15);1-3,8H,(H,9,10);/q;;;+3/p-3. The summed E-state index contributed by atoms with van der Waals surface area (Å²) in [4.78, 5) is 36.0. The molecule has 1 aromatic heterocycles. The number of rotatable bonds is 5. The van der Waals surface area contributed by atoms with E-state index in [1.54, 1.807) is 97.4 Å². The second kappa shape index (κ2) is 15.0. The molecular formula is C30H24IrN3O7. The van der Waals surface area contributed by atoms with E-state index in [0.29, 0.717) is 11.1 Å². The molecule has 3 heterocycles. The molecule has 3 aromatic rings. The molecule has 0 aliphatic carbocycles. The summed E-state index contributed by atoms with van der Waals surface area (Å²) >= 11 is 0. The van der Waals surface area contributed by atoms with Crippen LogP contribution >= 0.6 is 0 Å². The molecule has 0 saturated carbocycles. The van der Waals surface area contributed by atoms with Crippen LogP contribution in [0, 0.1) is 0 Å². The first kappa shape index (κ1) is 32.2. The van der Waals surface area contributed by atoms with E-state index in [-0.39, 0.29) is 20.1 Å². The number of aromatic nitrogens is 1. The molecule has 0 radical (unpaired) electrons. The molecule has 10 nitrogen and oxygen atoms in total. The zero-order chi connectivity index (χ0) is 29.0. The minimum absolute atomic E-state index is 0. The van der Waals surface area contributed by atoms with E-state index in [0.717, 1.165) is 6.07 Å². The number of aromatic carboxylic acids is 1. The summed E-state index contributed by atoms with van der Waals surface area (Å²) in [5, 5.41) is 47.0. The Balaban J connectivity index is 0.000000217. The van der Waals surface area contributed by atoms with Crippen molar-refractivity contribution in [3.63, 3.8) is 0 Å². The van der Waals surface area contributed by atoms with Gasteiger partial charge in [-0.05, 0) is 53.9 Å². The molecule has 5 rings (SSSR count). The van der Waals surface area contributed by atoms with Gasteiger partial charge < -0.3 is 40.6 Å². The Labute approximate surface area is 249 Å². The first-order valence-electron chi connectivity index (χ1n) is 11.9. The zero-order valence-corrected chi connectivity index (χ0v) is 23.7. The number of pyridine rings is 1. The van der Waals surface area contributed by atoms with Crippen LogP contribution in [0.1, 0.15) is 21.6 Å². The van der Waals surface area contributed by atoms with Crippen molar-refractivity contribution in [3.05, 3.63) is 145 Å². The van der Waals surface area contributed by atoms with Crippen molar-refractivity contribution in [1.82, 2.24) is 15.6 Å². The molecule has 41 heavy (non-hydrogen) atoms. The molecule has 0 bridgehead atoms. The Morgan fingerprint density at radius 3 is 1.41 bits per heavy atom. The van der Waals surface area contributed by atoms with Gasteiger partial charge in [0.1, 0.15) is 16.8 Å². The van der Waals surface area contributed by atoms with Gasteiger partial charge in [-0.25, -0.2) is 9.78 Å². The number of hydrogen-bond acceptors (Lipinski definition) is 9. The smallest absolute Gasteiger partial charge is 0.871 e. The Morgan fingerprint density at radius 1 is 0.683 bits per heavy atom. The van der Waals surface area contributed by atoms with Crippen molar-refractivity contribution in [2.45, 2.75) is 11.1 Å². The third-order valence-corrected chi connectivity index (χ3v) is 5.80. The van der Waals surface area contributed by atoms with Crippen LogP contribution in [0.2, 0.25) is 0 Å². The van der Waals surface area contributed by atoms with E-state index < -0.39 is 40.4 Å². The summed E-state index contributed by atoms with van der Waals surface area (Å²) in [6, 6.07) is 20.5. The summed E-state index contributed by atoms with van der Waals surface area (Å²) in [5.74, 6) is -4.16. The number of nitrogens with zero attached hydrogens (tertiary/aromatic N) is 1. The molecule has 0 saturated heterocycles. The maximum Gasteiger partial charge on any atom is 3.00 e. The average molecular weight is 731 g/mol. The second-order valence-corrected chi connectivity index (χ2v) is 8.30. The largest absolute Gasteiger partial charge is 3.00 e. The van der Waals surface area contributed by atoms with Crippen molar-refractivity contribution < 1.29 is 54.9 Å². The van der Waals surface area contributed by atoms with Crippen LogP contribution in [0.25, 0.3) is 0 Å². The van der Waals surface area contributed by atoms with Crippen LogP contribution in [0.5, 0.6) is 5.75 Å². The summed E-state index contributed by atoms with van der Waals surface area (Å²) in [6.45, 7) is 0. The fourth-order valence-corrected chi connectivity index (χ4v) is 3.77. The summed E-state index contributed by atoms with van der Waals surface area (Å²) in [5.41, 5.74) is -1.59. The minimum Gasteiger partial charge on any atom is -0.871 e. The van der Waals surface area contributed by atoms with Gasteiger partial charge in [0, 0.05) is 6.20 Å². The van der Waals surface area contributed by atoms with Crippen molar-refractivity contribution in [2.24, 2.45) is 0 Å². The van der Waals surface area contributed by atoms with Crippen LogP contribution in [0.4, 0.5) is 0 Å². The van der Waals surface area contributed by atoms with E-state index in [2.05, 4.69) is 15.6 Å². The molecule has 0 fully saturated rings. The molecule has 0 spiro atoms. The van der Waals surface area contributed by atoms with Gasteiger partial charge in [0.25, 0.3) is 0 Å². The van der Waals surface area contributed by atoms with E-state index in [1.807, 2.05) is 12.1 Å². The molecule has 2 aliphatic heterocycles. The fourth-order valence-electron chi connectivity index (χ4n) is 3.77. The van der Waals surface area contributed by atoms with Gasteiger partial charge in [-0.2, -0.15) is 0 Å². The monoisotopic (exact) mass is 731 g/mol. The maximum atomic E-state index is 11.2. The molecule has 2 aromatic carbocycles. The van der Waals surface area contributed by atoms with Crippen molar-refractivity contribution >= 4 is 17.9 Å². The van der Waals surface area contributed by atoms with Gasteiger partial charge in [0.2, 0.25) is 0 Å². The number of dihydropyridines is 2. The molecule has 0 amide bonds. The first-order chi connectivity index (χ1) is 19.2. The van der Waals surface area contributed by atoms with Gasteiger partial charge in [0.05, 0.1) is 11.9 Å². The molecule has 210 valence electrons. The summed E-state index contributed by atoms with van der Waals surface area (Å²) in [7, 11) is 0. The number of allylic oxidation sites excluding steroid dienone is 4. The van der Waals surface area contributed by atoms with Crippen molar-refractivity contribution in [3.8, 4) is 5.75 Å². The van der Waals surface area contributed by atoms with Crippen LogP contribution in [-0.4, -0.2) is 28.0 Å². The first-order valence-corrected chi connectivity index (χ1v) is 11.9. The molecule has 2 atom stereocenters. The number of carbonyl (C=O) groups excluding carboxylic acids is 2. The SMILES string of the molecule is O=C(O)c1ncccc1[O-].O=C([O-])C1(c2ccccc2)C=CC=CN1.O=C([O-])C1(c2ccccc2)C=CC=CN1.[Ir+3]. The minimum atomic E-state index is -1.29. The molecular weight excluding hydrogens is 707 g/mol. The predicted molar refractivity (Wildman–Crippen MR) is 140 cm³/mol. The number of benzene rings is 2. The van der Waals surface area contributed by atoms with Gasteiger partial charge >= 0.3 is 26.1 Å². The number of carboxylic acids is 3. The molecule has 3 N–H and O–H groups in total. The average Bonchev–Trinajstić information content (AvgIpc) is 2.99. The number of aliphatic carboxylic acids is 2. The van der Waals surface area contributed by atoms with Crippen LogP contribution in [0.3, 0.4) is 0 Å². The number of nitrogens with one attached hydrogen (secondary N) is 2. The number of hydrogen-bond donors (Lipinski definition) is 3. The van der Waals surface area contributed by atoms with Gasteiger partial charge in [-0.15, -0.1) is 0 Å². The van der Waals surface area contributed by atoms with Gasteiger partial charge in [-0.1, -0.05) is 84.6 Å². The Hall–Kier alpha value is -4.99. The normalized spacial score (nSPS) is 19.4. The summed E-state index contributed by atoms with van der Waals surface area (Å²) < 4.78 is 0. The Kier molecular flexibility index (Phi) is 11.8. The fraction of sp³-hybridized carbons (Fsp3) is 0.0667. The maximum absolute atomic E-state index is 11.2. The molecule has 2 unspecified atom stereocenters. The topological polar surface area (TPSA) is 178 Å². The van der Waals surface area contributed by atoms with Gasteiger partial charge in [0.15, 0.2) is 0 Å². The second-order valence-electron chi connectivity index (χ2n) is 8.30. The predicted octanol–water partition coefficient (Wildman–Crippen LogP) is 0.461. The third-order valence-electron chi connectivity index (χ3n) is 5.80. The number of carbonyl (C=O) groups is 3. The Morgan fingerprint density at radius 2 is 1.12 bits per heavy atom. The van der Waals surface area contributed by atoms with E-state index in [1.165, 1.54) is 12.3 Å². The van der Waals surface area contributed by atoms with Crippen LogP contribution in [0.15, 0.2) is 128 Å². The molecule has 11 heteroatoms. The molecule has 2 aliphatic rings. The van der Waals surface area contributed by atoms with Crippen molar-refractivity contribution in [1.29, 1.82) is 0 Å². The Bertz CT molecular complexity index is 1380. The van der Waals surface area contributed by atoms with Crippen molar-refractivity contribution in [2.75, 3.05) is 0 Å². The zero-order valence-electron chi connectivity index (χ0n) is 21.3. The van der Waals surface area contributed by atoms with Gasteiger partial charge in [-0.3, -0.25) is 0 Å². The van der Waals surface area contributed by atoms with E-state index in [9.17, 15) is 29.7 Å². The summed E-state index contributed by atoms with van der Waals surface area (Å²) in [6.07, 6.45) is 14.5. The van der Waals surface area contributed by atoms with E-state index >= 15 is 0 Å². The van der Waals surface area contributed by atoms with Crippen LogP contribution in [-0.2, 0) is 40.8 Å². The quantitative estimate of drug-likeness (QED) is 0.334. The number of carboxylic acid groups (broad SMARTS) is 3. The van der Waals surface area contributed by atoms with E-state index in [4.69, 9.17) is 5.11 Å².